The molecule has 0 amide bonds. The molecule has 0 radical (unpaired) electrons. The first-order valence-electron chi connectivity index (χ1n) is 8.62. The number of Topliss-reactive ketones (excluding diaryl/α,β-unsaturated/α-hetero) is 1. The number of hydrogen-bond acceptors (Lipinski definition) is 1. The van der Waals surface area contributed by atoms with Crippen molar-refractivity contribution in [2.24, 2.45) is 0 Å². The van der Waals surface area contributed by atoms with Crippen LogP contribution in [0.2, 0.25) is 5.02 Å². The highest BCUT2D eigenvalue weighted by Crippen LogP contribution is 2.34. The number of carbonyl (C=O) groups is 1. The molecule has 3 heteroatoms. The minimum Gasteiger partial charge on any atom is -0.361 e. The zero-order chi connectivity index (χ0) is 17.9. The molecule has 4 aromatic rings. The second kappa shape index (κ2) is 7.19. The predicted octanol–water partition coefficient (Wildman–Crippen LogP) is 6.23. The number of para-hydroxylation sites is 1. The molecule has 2 nitrogen and oxygen atoms in total. The molecule has 0 aliphatic heterocycles. The number of H-pyrrole nitrogens is 1. The lowest BCUT2D eigenvalue weighted by molar-refractivity contribution is 0.0978. The van der Waals surface area contributed by atoms with Crippen LogP contribution in [-0.4, -0.2) is 10.8 Å². The largest absolute Gasteiger partial charge is 0.361 e. The van der Waals surface area contributed by atoms with Gasteiger partial charge in [0.05, 0.1) is 0 Å². The molecule has 0 spiro atoms. The molecule has 0 bridgehead atoms. The molecule has 1 heterocycles. The highest BCUT2D eigenvalue weighted by Gasteiger charge is 2.22. The number of aromatic amines is 1. The van der Waals surface area contributed by atoms with E-state index in [9.17, 15) is 4.79 Å². The van der Waals surface area contributed by atoms with Crippen LogP contribution in [0.4, 0.5) is 0 Å². The van der Waals surface area contributed by atoms with Crippen LogP contribution in [0.25, 0.3) is 10.9 Å². The van der Waals surface area contributed by atoms with Crippen molar-refractivity contribution in [1.82, 2.24) is 4.98 Å². The summed E-state index contributed by atoms with van der Waals surface area (Å²) >= 11 is 5.95. The van der Waals surface area contributed by atoms with Crippen LogP contribution in [0.15, 0.2) is 85.1 Å². The smallest absolute Gasteiger partial charge is 0.163 e. The van der Waals surface area contributed by atoms with Gasteiger partial charge in [0, 0.05) is 40.0 Å². The third-order valence-electron chi connectivity index (χ3n) is 4.75. The molecule has 1 aromatic heterocycles. The fourth-order valence-corrected chi connectivity index (χ4v) is 3.54. The summed E-state index contributed by atoms with van der Waals surface area (Å²) in [6.45, 7) is 0. The summed E-state index contributed by atoms with van der Waals surface area (Å²) in [5, 5.41) is 1.79. The Kier molecular flexibility index (Phi) is 4.59. The first kappa shape index (κ1) is 16.6. The SMILES string of the molecule is O=C(CC(c1ccccc1)c1c[nH]c2ccccc12)c1ccc(Cl)cc1. The molecule has 4 rings (SSSR count). The number of ketones is 1. The van der Waals surface area contributed by atoms with E-state index in [1.165, 1.54) is 0 Å². The van der Waals surface area contributed by atoms with Gasteiger partial charge >= 0.3 is 0 Å². The van der Waals surface area contributed by atoms with E-state index in [4.69, 9.17) is 11.6 Å². The fourth-order valence-electron chi connectivity index (χ4n) is 3.41. The summed E-state index contributed by atoms with van der Waals surface area (Å²) in [6.07, 6.45) is 2.44. The highest BCUT2D eigenvalue weighted by atomic mass is 35.5. The molecular formula is C23H18ClNO. The number of nitrogens with one attached hydrogen (secondary N) is 1. The molecule has 1 N–H and O–H groups in total. The second-order valence-electron chi connectivity index (χ2n) is 6.39. The van der Waals surface area contributed by atoms with Gasteiger partial charge in [-0.3, -0.25) is 4.79 Å². The molecule has 0 fully saturated rings. The van der Waals surface area contributed by atoms with Crippen LogP contribution >= 0.6 is 11.6 Å². The van der Waals surface area contributed by atoms with Crippen molar-refractivity contribution in [2.75, 3.05) is 0 Å². The van der Waals surface area contributed by atoms with E-state index in [0.717, 1.165) is 22.0 Å². The Labute approximate surface area is 157 Å². The summed E-state index contributed by atoms with van der Waals surface area (Å²) < 4.78 is 0. The van der Waals surface area contributed by atoms with Crippen molar-refractivity contribution in [3.8, 4) is 0 Å². The minimum atomic E-state index is -0.00414. The number of rotatable bonds is 5. The summed E-state index contributed by atoms with van der Waals surface area (Å²) in [6, 6.07) is 25.5. The van der Waals surface area contributed by atoms with E-state index in [0.29, 0.717) is 17.0 Å². The van der Waals surface area contributed by atoms with Crippen LogP contribution < -0.4 is 0 Å². The average molecular weight is 360 g/mol. The van der Waals surface area contributed by atoms with E-state index < -0.39 is 0 Å². The topological polar surface area (TPSA) is 32.9 Å². The predicted molar refractivity (Wildman–Crippen MR) is 107 cm³/mol. The Balaban J connectivity index is 1.74. The molecule has 1 atom stereocenters. The molecular weight excluding hydrogens is 342 g/mol. The van der Waals surface area contributed by atoms with Crippen molar-refractivity contribution >= 4 is 28.3 Å². The third-order valence-corrected chi connectivity index (χ3v) is 5.01. The first-order chi connectivity index (χ1) is 12.7. The summed E-state index contributed by atoms with van der Waals surface area (Å²) in [5.41, 5.74) is 4.06. The van der Waals surface area contributed by atoms with Gasteiger partial charge in [-0.15, -0.1) is 0 Å². The first-order valence-corrected chi connectivity index (χ1v) is 9.00. The highest BCUT2D eigenvalue weighted by molar-refractivity contribution is 6.30. The number of hydrogen-bond donors (Lipinski definition) is 1. The zero-order valence-electron chi connectivity index (χ0n) is 14.2. The summed E-state index contributed by atoms with van der Waals surface area (Å²) in [4.78, 5) is 16.2. The van der Waals surface area contributed by atoms with Crippen molar-refractivity contribution in [3.63, 3.8) is 0 Å². The van der Waals surface area contributed by atoms with E-state index >= 15 is 0 Å². The number of halogens is 1. The molecule has 128 valence electrons. The maximum Gasteiger partial charge on any atom is 0.163 e. The number of benzene rings is 3. The Bertz CT molecular complexity index is 1030. The van der Waals surface area contributed by atoms with E-state index in [1.807, 2.05) is 36.5 Å². The van der Waals surface area contributed by atoms with Crippen LogP contribution in [0.3, 0.4) is 0 Å². The minimum absolute atomic E-state index is 0.00414. The lowest BCUT2D eigenvalue weighted by Crippen LogP contribution is -2.09. The Morgan fingerprint density at radius 3 is 2.35 bits per heavy atom. The Morgan fingerprint density at radius 1 is 0.885 bits per heavy atom. The molecule has 0 saturated heterocycles. The van der Waals surface area contributed by atoms with Gasteiger partial charge in [0.25, 0.3) is 0 Å². The second-order valence-corrected chi connectivity index (χ2v) is 6.82. The maximum atomic E-state index is 12.9. The van der Waals surface area contributed by atoms with Crippen molar-refractivity contribution in [3.05, 3.63) is 107 Å². The quantitative estimate of drug-likeness (QED) is 0.421. The van der Waals surface area contributed by atoms with Gasteiger partial charge in [0.15, 0.2) is 5.78 Å². The number of aromatic nitrogens is 1. The summed E-state index contributed by atoms with van der Waals surface area (Å²) in [7, 11) is 0. The maximum absolute atomic E-state index is 12.9. The molecule has 0 aliphatic rings. The van der Waals surface area contributed by atoms with Crippen molar-refractivity contribution in [1.29, 1.82) is 0 Å². The van der Waals surface area contributed by atoms with Gasteiger partial charge in [-0.05, 0) is 41.5 Å². The van der Waals surface area contributed by atoms with Crippen LogP contribution in [-0.2, 0) is 0 Å². The van der Waals surface area contributed by atoms with E-state index in [-0.39, 0.29) is 11.7 Å². The normalized spacial score (nSPS) is 12.2. The van der Waals surface area contributed by atoms with Crippen LogP contribution in [0.5, 0.6) is 0 Å². The molecule has 1 unspecified atom stereocenters. The molecule has 26 heavy (non-hydrogen) atoms. The van der Waals surface area contributed by atoms with Gasteiger partial charge < -0.3 is 4.98 Å². The fraction of sp³-hybridized carbons (Fsp3) is 0.0870. The van der Waals surface area contributed by atoms with Crippen LogP contribution in [0.1, 0.15) is 33.8 Å². The van der Waals surface area contributed by atoms with Gasteiger partial charge in [-0.2, -0.15) is 0 Å². The molecule has 0 saturated carbocycles. The lowest BCUT2D eigenvalue weighted by atomic mass is 9.85. The van der Waals surface area contributed by atoms with Gasteiger partial charge in [0.2, 0.25) is 0 Å². The zero-order valence-corrected chi connectivity index (χ0v) is 14.9. The third kappa shape index (κ3) is 3.29. The number of carbonyl (C=O) groups excluding carboxylic acids is 1. The van der Waals surface area contributed by atoms with E-state index in [1.54, 1.807) is 24.3 Å². The monoisotopic (exact) mass is 359 g/mol. The Hall–Kier alpha value is -2.84. The van der Waals surface area contributed by atoms with Crippen LogP contribution in [0, 0.1) is 0 Å². The average Bonchev–Trinajstić information content (AvgIpc) is 3.11. The van der Waals surface area contributed by atoms with Gasteiger partial charge in [0.1, 0.15) is 0 Å². The lowest BCUT2D eigenvalue weighted by Gasteiger charge is -2.17. The van der Waals surface area contributed by atoms with E-state index in [2.05, 4.69) is 29.2 Å². The van der Waals surface area contributed by atoms with Crippen molar-refractivity contribution in [2.45, 2.75) is 12.3 Å². The standard InChI is InChI=1S/C23H18ClNO/c24-18-12-10-17(11-13-18)23(26)14-20(16-6-2-1-3-7-16)21-15-25-22-9-5-4-8-19(21)22/h1-13,15,20,25H,14H2. The van der Waals surface area contributed by atoms with Gasteiger partial charge in [-0.1, -0.05) is 60.1 Å². The molecule has 0 aliphatic carbocycles. The summed E-state index contributed by atoms with van der Waals surface area (Å²) in [5.74, 6) is 0.108. The Morgan fingerprint density at radius 2 is 1.58 bits per heavy atom. The number of fused-ring (bicyclic) bond motifs is 1. The molecule has 3 aromatic carbocycles. The van der Waals surface area contributed by atoms with Crippen molar-refractivity contribution < 1.29 is 4.79 Å². The van der Waals surface area contributed by atoms with Gasteiger partial charge in [-0.25, -0.2) is 0 Å².